The predicted molar refractivity (Wildman–Crippen MR) is 111 cm³/mol. The smallest absolute Gasteiger partial charge is 0.267 e. The molecule has 6 heteroatoms. The van der Waals surface area contributed by atoms with Crippen LogP contribution >= 0.6 is 0 Å². The highest BCUT2D eigenvalue weighted by Crippen LogP contribution is 2.21. The fourth-order valence-electron chi connectivity index (χ4n) is 3.19. The van der Waals surface area contributed by atoms with E-state index in [4.69, 9.17) is 0 Å². The van der Waals surface area contributed by atoms with E-state index in [0.717, 1.165) is 16.7 Å². The van der Waals surface area contributed by atoms with Gasteiger partial charge in [-0.05, 0) is 36.1 Å². The molecular formula is C23H24FN3O2. The van der Waals surface area contributed by atoms with Gasteiger partial charge in [-0.25, -0.2) is 9.07 Å². The van der Waals surface area contributed by atoms with E-state index < -0.39 is 11.4 Å². The summed E-state index contributed by atoms with van der Waals surface area (Å²) in [6.07, 6.45) is 0.771. The lowest BCUT2D eigenvalue weighted by molar-refractivity contribution is -0.122. The number of hydrogen-bond donors (Lipinski definition) is 1. The number of halogens is 1. The van der Waals surface area contributed by atoms with Crippen LogP contribution in [0.15, 0.2) is 71.5 Å². The van der Waals surface area contributed by atoms with Gasteiger partial charge in [0.2, 0.25) is 5.91 Å². The number of benzene rings is 2. The summed E-state index contributed by atoms with van der Waals surface area (Å²) in [5.74, 6) is -0.374. The molecule has 3 rings (SSSR count). The van der Waals surface area contributed by atoms with Crippen LogP contribution in [0.4, 0.5) is 4.39 Å². The Hall–Kier alpha value is -3.28. The Bertz CT molecular complexity index is 1030. The highest BCUT2D eigenvalue weighted by Gasteiger charge is 2.17. The monoisotopic (exact) mass is 393 g/mol. The number of carbonyl (C=O) groups excluding carboxylic acids is 1. The first-order valence-electron chi connectivity index (χ1n) is 9.61. The van der Waals surface area contributed by atoms with Gasteiger partial charge < -0.3 is 5.32 Å². The highest BCUT2D eigenvalue weighted by molar-refractivity contribution is 5.76. The largest absolute Gasteiger partial charge is 0.348 e. The third-order valence-corrected chi connectivity index (χ3v) is 4.55. The van der Waals surface area contributed by atoms with Crippen molar-refractivity contribution in [2.45, 2.75) is 32.9 Å². The van der Waals surface area contributed by atoms with Gasteiger partial charge in [-0.3, -0.25) is 9.59 Å². The van der Waals surface area contributed by atoms with E-state index in [1.54, 1.807) is 18.2 Å². The van der Waals surface area contributed by atoms with Crippen LogP contribution in [-0.2, 0) is 11.3 Å². The predicted octanol–water partition coefficient (Wildman–Crippen LogP) is 3.95. The Labute approximate surface area is 169 Å². The Morgan fingerprint density at radius 1 is 1.03 bits per heavy atom. The molecule has 1 N–H and O–H groups in total. The molecule has 150 valence electrons. The van der Waals surface area contributed by atoms with Crippen molar-refractivity contribution in [3.63, 3.8) is 0 Å². The third-order valence-electron chi connectivity index (χ3n) is 4.55. The van der Waals surface area contributed by atoms with Gasteiger partial charge in [0, 0.05) is 11.6 Å². The van der Waals surface area contributed by atoms with E-state index in [0.29, 0.717) is 11.6 Å². The first-order valence-corrected chi connectivity index (χ1v) is 9.61. The zero-order valence-corrected chi connectivity index (χ0v) is 16.5. The molecule has 0 fully saturated rings. The molecule has 1 amide bonds. The second-order valence-electron chi connectivity index (χ2n) is 7.35. The molecule has 1 aromatic heterocycles. The second-order valence-corrected chi connectivity index (χ2v) is 7.35. The average Bonchev–Trinajstić information content (AvgIpc) is 2.70. The zero-order valence-electron chi connectivity index (χ0n) is 16.5. The van der Waals surface area contributed by atoms with Crippen molar-refractivity contribution >= 4 is 5.91 Å². The van der Waals surface area contributed by atoms with Gasteiger partial charge in [0.15, 0.2) is 0 Å². The van der Waals surface area contributed by atoms with E-state index in [-0.39, 0.29) is 24.1 Å². The Kier molecular flexibility index (Phi) is 6.54. The zero-order chi connectivity index (χ0) is 20.8. The van der Waals surface area contributed by atoms with Crippen molar-refractivity contribution in [3.05, 3.63) is 88.5 Å². The summed E-state index contributed by atoms with van der Waals surface area (Å²) in [4.78, 5) is 24.8. The number of hydrogen-bond acceptors (Lipinski definition) is 3. The van der Waals surface area contributed by atoms with Gasteiger partial charge in [-0.1, -0.05) is 56.3 Å². The van der Waals surface area contributed by atoms with Gasteiger partial charge in [-0.2, -0.15) is 5.10 Å². The van der Waals surface area contributed by atoms with Gasteiger partial charge in [0.25, 0.3) is 5.56 Å². The van der Waals surface area contributed by atoms with Crippen molar-refractivity contribution in [2.24, 2.45) is 5.92 Å². The molecule has 0 aliphatic rings. The minimum absolute atomic E-state index is 0.158. The lowest BCUT2D eigenvalue weighted by Crippen LogP contribution is -2.36. The van der Waals surface area contributed by atoms with Crippen LogP contribution in [0.1, 0.15) is 31.9 Å². The van der Waals surface area contributed by atoms with E-state index in [1.807, 2.05) is 30.3 Å². The summed E-state index contributed by atoms with van der Waals surface area (Å²) in [5, 5.41) is 7.19. The Morgan fingerprint density at radius 3 is 2.41 bits per heavy atom. The van der Waals surface area contributed by atoms with Crippen LogP contribution in [0.5, 0.6) is 0 Å². The van der Waals surface area contributed by atoms with Gasteiger partial charge >= 0.3 is 0 Å². The number of nitrogens with zero attached hydrogens (tertiary/aromatic N) is 2. The van der Waals surface area contributed by atoms with Crippen LogP contribution in [0.25, 0.3) is 11.3 Å². The maximum atomic E-state index is 14.0. The quantitative estimate of drug-likeness (QED) is 0.661. The molecule has 3 aromatic rings. The number of rotatable bonds is 7. The summed E-state index contributed by atoms with van der Waals surface area (Å²) in [6.45, 7) is 3.95. The van der Waals surface area contributed by atoms with E-state index in [2.05, 4.69) is 24.3 Å². The van der Waals surface area contributed by atoms with Crippen molar-refractivity contribution in [2.75, 3.05) is 0 Å². The van der Waals surface area contributed by atoms with Gasteiger partial charge in [-0.15, -0.1) is 0 Å². The first kappa shape index (κ1) is 20.5. The van der Waals surface area contributed by atoms with Crippen molar-refractivity contribution in [3.8, 4) is 11.3 Å². The summed E-state index contributed by atoms with van der Waals surface area (Å²) in [6, 6.07) is 18.5. The van der Waals surface area contributed by atoms with Crippen LogP contribution in [0.2, 0.25) is 0 Å². The molecule has 0 spiro atoms. The summed E-state index contributed by atoms with van der Waals surface area (Å²) < 4.78 is 15.1. The summed E-state index contributed by atoms with van der Waals surface area (Å²) in [7, 11) is 0. The van der Waals surface area contributed by atoms with Crippen LogP contribution < -0.4 is 10.9 Å². The number of carbonyl (C=O) groups is 1. The molecule has 0 bridgehead atoms. The topological polar surface area (TPSA) is 64.0 Å². The lowest BCUT2D eigenvalue weighted by atomic mass is 9.97. The average molecular weight is 393 g/mol. The molecule has 1 heterocycles. The Balaban J connectivity index is 1.80. The lowest BCUT2D eigenvalue weighted by Gasteiger charge is -2.21. The minimum Gasteiger partial charge on any atom is -0.348 e. The fraction of sp³-hybridized carbons (Fsp3) is 0.261. The maximum Gasteiger partial charge on any atom is 0.267 e. The minimum atomic E-state index is -0.435. The number of nitrogens with one attached hydrogen (secondary N) is 1. The molecule has 0 aliphatic carbocycles. The van der Waals surface area contributed by atoms with Crippen LogP contribution in [0.3, 0.4) is 0 Å². The maximum absolute atomic E-state index is 14.0. The van der Waals surface area contributed by atoms with E-state index >= 15 is 0 Å². The van der Waals surface area contributed by atoms with Crippen LogP contribution in [-0.4, -0.2) is 15.7 Å². The van der Waals surface area contributed by atoms with Crippen molar-refractivity contribution < 1.29 is 9.18 Å². The standard InChI is InChI=1S/C23H24FN3O2/c1-16(2)14-21(17-8-4-3-5-9-17)25-22(28)15-27-23(29)13-12-20(26-27)18-10-6-7-11-19(18)24/h3-13,16,21H,14-15H2,1-2H3,(H,25,28). The molecule has 5 nitrogen and oxygen atoms in total. The van der Waals surface area contributed by atoms with E-state index in [1.165, 1.54) is 18.2 Å². The molecule has 1 atom stereocenters. The third kappa shape index (κ3) is 5.38. The molecule has 0 aliphatic heterocycles. The number of aromatic nitrogens is 2. The van der Waals surface area contributed by atoms with Crippen molar-refractivity contribution in [1.82, 2.24) is 15.1 Å². The summed E-state index contributed by atoms with van der Waals surface area (Å²) in [5.41, 5.74) is 1.18. The van der Waals surface area contributed by atoms with Gasteiger partial charge in [0.05, 0.1) is 11.7 Å². The molecule has 0 radical (unpaired) electrons. The highest BCUT2D eigenvalue weighted by atomic mass is 19.1. The first-order chi connectivity index (χ1) is 13.9. The molecular weight excluding hydrogens is 369 g/mol. The number of amides is 1. The van der Waals surface area contributed by atoms with Crippen LogP contribution in [0, 0.1) is 11.7 Å². The molecule has 2 aromatic carbocycles. The normalized spacial score (nSPS) is 12.0. The van der Waals surface area contributed by atoms with Crippen molar-refractivity contribution in [1.29, 1.82) is 0 Å². The Morgan fingerprint density at radius 2 is 1.72 bits per heavy atom. The van der Waals surface area contributed by atoms with E-state index in [9.17, 15) is 14.0 Å². The van der Waals surface area contributed by atoms with Gasteiger partial charge in [0.1, 0.15) is 12.4 Å². The summed E-state index contributed by atoms with van der Waals surface area (Å²) >= 11 is 0. The fourth-order valence-corrected chi connectivity index (χ4v) is 3.19. The SMILES string of the molecule is CC(C)CC(NC(=O)Cn1nc(-c2ccccc2F)ccc1=O)c1ccccc1. The molecule has 1 unspecified atom stereocenters. The molecule has 0 saturated heterocycles. The second kappa shape index (κ2) is 9.28. The molecule has 0 saturated carbocycles. The molecule has 29 heavy (non-hydrogen) atoms.